The van der Waals surface area contributed by atoms with Gasteiger partial charge in [0.05, 0.1) is 0 Å². The van der Waals surface area contributed by atoms with Crippen LogP contribution >= 0.6 is 0 Å². The van der Waals surface area contributed by atoms with E-state index in [1.165, 1.54) is 19.3 Å². The average Bonchev–Trinajstić information content (AvgIpc) is 2.86. The first kappa shape index (κ1) is 16.5. The van der Waals surface area contributed by atoms with E-state index in [-0.39, 0.29) is 12.0 Å². The molecule has 2 atom stereocenters. The Labute approximate surface area is 118 Å². The van der Waals surface area contributed by atoms with Crippen molar-refractivity contribution in [1.29, 1.82) is 0 Å². The van der Waals surface area contributed by atoms with Gasteiger partial charge in [-0.15, -0.1) is 0 Å². The monoisotopic (exact) mass is 269 g/mol. The number of hydrogen-bond donors (Lipinski definition) is 1. The summed E-state index contributed by atoms with van der Waals surface area (Å²) < 4.78 is 5.42. The van der Waals surface area contributed by atoms with Crippen LogP contribution in [0.15, 0.2) is 0 Å². The molecular formula is C16H31NO2. The molecule has 2 fully saturated rings. The second kappa shape index (κ2) is 7.88. The Morgan fingerprint density at radius 3 is 2.47 bits per heavy atom. The van der Waals surface area contributed by atoms with Gasteiger partial charge in [0, 0.05) is 12.6 Å². The van der Waals surface area contributed by atoms with Gasteiger partial charge in [0.1, 0.15) is 6.10 Å². The first-order valence-electron chi connectivity index (χ1n) is 7.99. The molecule has 19 heavy (non-hydrogen) atoms. The van der Waals surface area contributed by atoms with Crippen LogP contribution < -0.4 is 5.32 Å². The predicted molar refractivity (Wildman–Crippen MR) is 79.1 cm³/mol. The van der Waals surface area contributed by atoms with Crippen LogP contribution in [-0.2, 0) is 9.53 Å². The molecular weight excluding hydrogens is 238 g/mol. The van der Waals surface area contributed by atoms with Crippen LogP contribution in [0.4, 0.5) is 0 Å². The van der Waals surface area contributed by atoms with Crippen molar-refractivity contribution in [2.45, 2.75) is 84.8 Å². The zero-order chi connectivity index (χ0) is 14.3. The Morgan fingerprint density at radius 1 is 1.11 bits per heavy atom. The van der Waals surface area contributed by atoms with Crippen molar-refractivity contribution in [3.63, 3.8) is 0 Å². The van der Waals surface area contributed by atoms with Gasteiger partial charge in [-0.3, -0.25) is 4.79 Å². The molecule has 0 aromatic heterocycles. The van der Waals surface area contributed by atoms with Gasteiger partial charge < -0.3 is 10.1 Å². The third-order valence-corrected chi connectivity index (χ3v) is 4.14. The molecule has 0 aromatic rings. The molecule has 1 amide bonds. The molecule has 1 N–H and O–H groups in total. The molecule has 0 aromatic carbocycles. The molecule has 2 aliphatic rings. The van der Waals surface area contributed by atoms with E-state index >= 15 is 0 Å². The SMILES string of the molecule is CC.CC1(C)CCCC(NC(=O)[C@@H]2CCCO2)CC1. The van der Waals surface area contributed by atoms with Gasteiger partial charge in [-0.1, -0.05) is 34.1 Å². The number of carbonyl (C=O) groups excluding carboxylic acids is 1. The van der Waals surface area contributed by atoms with Crippen LogP contribution in [0.1, 0.15) is 72.6 Å². The van der Waals surface area contributed by atoms with E-state index in [1.54, 1.807) is 0 Å². The second-order valence-corrected chi connectivity index (χ2v) is 6.30. The predicted octanol–water partition coefficient (Wildman–Crippen LogP) is 3.67. The summed E-state index contributed by atoms with van der Waals surface area (Å²) in [6, 6.07) is 0.369. The maximum Gasteiger partial charge on any atom is 0.249 e. The minimum atomic E-state index is -0.175. The summed E-state index contributed by atoms with van der Waals surface area (Å²) in [5, 5.41) is 3.17. The van der Waals surface area contributed by atoms with Gasteiger partial charge in [-0.25, -0.2) is 0 Å². The summed E-state index contributed by atoms with van der Waals surface area (Å²) in [7, 11) is 0. The third kappa shape index (κ3) is 5.52. The zero-order valence-corrected chi connectivity index (χ0v) is 13.1. The van der Waals surface area contributed by atoms with Crippen LogP contribution in [0.3, 0.4) is 0 Å². The maximum atomic E-state index is 12.0. The van der Waals surface area contributed by atoms with Crippen molar-refractivity contribution in [2.24, 2.45) is 5.41 Å². The smallest absolute Gasteiger partial charge is 0.249 e. The van der Waals surface area contributed by atoms with E-state index in [1.807, 2.05) is 13.8 Å². The highest BCUT2D eigenvalue weighted by molar-refractivity contribution is 5.81. The number of nitrogens with one attached hydrogen (secondary N) is 1. The van der Waals surface area contributed by atoms with E-state index < -0.39 is 0 Å². The first-order valence-corrected chi connectivity index (χ1v) is 7.99. The highest BCUT2D eigenvalue weighted by Gasteiger charge is 2.28. The van der Waals surface area contributed by atoms with Crippen molar-refractivity contribution in [1.82, 2.24) is 5.32 Å². The van der Waals surface area contributed by atoms with Crippen molar-refractivity contribution in [2.75, 3.05) is 6.61 Å². The molecule has 3 nitrogen and oxygen atoms in total. The van der Waals surface area contributed by atoms with Crippen LogP contribution in [0.25, 0.3) is 0 Å². The summed E-state index contributed by atoms with van der Waals surface area (Å²) in [6.07, 6.45) is 7.70. The number of rotatable bonds is 2. The van der Waals surface area contributed by atoms with Crippen LogP contribution in [0.5, 0.6) is 0 Å². The van der Waals surface area contributed by atoms with Gasteiger partial charge in [-0.2, -0.15) is 0 Å². The minimum absolute atomic E-state index is 0.118. The molecule has 1 aliphatic heterocycles. The lowest BCUT2D eigenvalue weighted by Crippen LogP contribution is -2.41. The number of hydrogen-bond acceptors (Lipinski definition) is 2. The Kier molecular flexibility index (Phi) is 6.84. The highest BCUT2D eigenvalue weighted by Crippen LogP contribution is 2.33. The van der Waals surface area contributed by atoms with Crippen molar-refractivity contribution < 1.29 is 9.53 Å². The Bertz CT molecular complexity index is 270. The summed E-state index contributed by atoms with van der Waals surface area (Å²) >= 11 is 0. The first-order chi connectivity index (χ1) is 9.07. The summed E-state index contributed by atoms with van der Waals surface area (Å²) in [5.74, 6) is 0.118. The number of carbonyl (C=O) groups is 1. The Morgan fingerprint density at radius 2 is 1.84 bits per heavy atom. The van der Waals surface area contributed by atoms with E-state index in [2.05, 4.69) is 19.2 Å². The molecule has 1 aliphatic carbocycles. The van der Waals surface area contributed by atoms with Crippen molar-refractivity contribution in [3.8, 4) is 0 Å². The number of amides is 1. The van der Waals surface area contributed by atoms with Gasteiger partial charge in [-0.05, 0) is 43.9 Å². The second-order valence-electron chi connectivity index (χ2n) is 6.30. The molecule has 112 valence electrons. The lowest BCUT2D eigenvalue weighted by Gasteiger charge is -2.22. The summed E-state index contributed by atoms with van der Waals surface area (Å²) in [5.41, 5.74) is 0.448. The van der Waals surface area contributed by atoms with Crippen LogP contribution in [0.2, 0.25) is 0 Å². The normalized spacial score (nSPS) is 29.9. The highest BCUT2D eigenvalue weighted by atomic mass is 16.5. The quantitative estimate of drug-likeness (QED) is 0.777. The van der Waals surface area contributed by atoms with E-state index in [0.717, 1.165) is 32.3 Å². The molecule has 1 unspecified atom stereocenters. The van der Waals surface area contributed by atoms with Gasteiger partial charge >= 0.3 is 0 Å². The fraction of sp³-hybridized carbons (Fsp3) is 0.938. The molecule has 0 bridgehead atoms. The number of ether oxygens (including phenoxy) is 1. The Hall–Kier alpha value is -0.570. The molecule has 1 saturated carbocycles. The fourth-order valence-electron chi connectivity index (χ4n) is 2.88. The van der Waals surface area contributed by atoms with Gasteiger partial charge in [0.15, 0.2) is 0 Å². The fourth-order valence-corrected chi connectivity index (χ4v) is 2.88. The lowest BCUT2D eigenvalue weighted by atomic mass is 9.85. The summed E-state index contributed by atoms with van der Waals surface area (Å²) in [4.78, 5) is 12.0. The molecule has 2 rings (SSSR count). The molecule has 0 spiro atoms. The largest absolute Gasteiger partial charge is 0.368 e. The van der Waals surface area contributed by atoms with Crippen LogP contribution in [0, 0.1) is 5.41 Å². The maximum absolute atomic E-state index is 12.0. The molecule has 1 heterocycles. The van der Waals surface area contributed by atoms with Crippen LogP contribution in [-0.4, -0.2) is 24.7 Å². The molecule has 0 radical (unpaired) electrons. The summed E-state index contributed by atoms with van der Waals surface area (Å²) in [6.45, 7) is 9.41. The topological polar surface area (TPSA) is 38.3 Å². The lowest BCUT2D eigenvalue weighted by molar-refractivity contribution is -0.130. The molecule has 1 saturated heterocycles. The minimum Gasteiger partial charge on any atom is -0.368 e. The van der Waals surface area contributed by atoms with Gasteiger partial charge in [0.2, 0.25) is 5.91 Å². The van der Waals surface area contributed by atoms with Crippen molar-refractivity contribution >= 4 is 5.91 Å². The zero-order valence-electron chi connectivity index (χ0n) is 13.1. The average molecular weight is 269 g/mol. The van der Waals surface area contributed by atoms with E-state index in [4.69, 9.17) is 4.74 Å². The Balaban J connectivity index is 0.000000861. The van der Waals surface area contributed by atoms with Gasteiger partial charge in [0.25, 0.3) is 0 Å². The molecule has 3 heteroatoms. The van der Waals surface area contributed by atoms with E-state index in [0.29, 0.717) is 11.5 Å². The standard InChI is InChI=1S/C14H25NO2.C2H6/c1-14(2)8-3-5-11(7-9-14)15-13(16)12-6-4-10-17-12;1-2/h11-12H,3-10H2,1-2H3,(H,15,16);1-2H3/t11?,12-;/m0./s1. The van der Waals surface area contributed by atoms with Crippen molar-refractivity contribution in [3.05, 3.63) is 0 Å². The third-order valence-electron chi connectivity index (χ3n) is 4.14. The van der Waals surface area contributed by atoms with E-state index in [9.17, 15) is 4.79 Å².